The van der Waals surface area contributed by atoms with E-state index in [1.807, 2.05) is 18.2 Å². The van der Waals surface area contributed by atoms with Crippen LogP contribution in [0.3, 0.4) is 0 Å². The molecule has 1 aliphatic carbocycles. The van der Waals surface area contributed by atoms with Crippen LogP contribution in [0.1, 0.15) is 39.8 Å². The van der Waals surface area contributed by atoms with Crippen LogP contribution in [-0.2, 0) is 19.4 Å². The molecule has 0 radical (unpaired) electrons. The lowest BCUT2D eigenvalue weighted by Crippen LogP contribution is -2.25. The van der Waals surface area contributed by atoms with Gasteiger partial charge in [-0.15, -0.1) is 11.3 Å². The molecule has 0 saturated heterocycles. The van der Waals surface area contributed by atoms with Gasteiger partial charge in [0, 0.05) is 11.1 Å². The first kappa shape index (κ1) is 14.1. The van der Waals surface area contributed by atoms with Gasteiger partial charge in [0.15, 0.2) is 0 Å². The third-order valence-corrected chi connectivity index (χ3v) is 5.01. The summed E-state index contributed by atoms with van der Waals surface area (Å²) in [7, 11) is 0. The van der Waals surface area contributed by atoms with Crippen LogP contribution in [0.4, 0.5) is 5.00 Å². The zero-order valence-corrected chi connectivity index (χ0v) is 12.9. The summed E-state index contributed by atoms with van der Waals surface area (Å²) in [6.07, 6.45) is 4.85. The van der Waals surface area contributed by atoms with Crippen molar-refractivity contribution in [3.05, 3.63) is 46.1 Å². The molecule has 2 aromatic rings. The highest BCUT2D eigenvalue weighted by molar-refractivity contribution is 7.16. The molecule has 1 atom stereocenters. The van der Waals surface area contributed by atoms with E-state index in [0.717, 1.165) is 30.5 Å². The van der Waals surface area contributed by atoms with Crippen LogP contribution >= 0.6 is 11.3 Å². The number of hydrogen-bond acceptors (Lipinski definition) is 4. The molecule has 1 unspecified atom stereocenters. The molecule has 3 N–H and O–H groups in total. The number of carbonyl (C=O) groups is 1. The molecule has 110 valence electrons. The van der Waals surface area contributed by atoms with Gasteiger partial charge in [-0.3, -0.25) is 9.78 Å². The minimum absolute atomic E-state index is 0.0785. The Morgan fingerprint density at radius 1 is 1.52 bits per heavy atom. The number of thiophene rings is 1. The van der Waals surface area contributed by atoms with Crippen LogP contribution < -0.4 is 11.1 Å². The third kappa shape index (κ3) is 2.93. The summed E-state index contributed by atoms with van der Waals surface area (Å²) in [5.41, 5.74) is 8.78. The monoisotopic (exact) mass is 301 g/mol. The number of hydrogen-bond donors (Lipinski definition) is 2. The number of nitrogens with zero attached hydrogens (tertiary/aromatic N) is 1. The average molecular weight is 301 g/mol. The normalized spacial score (nSPS) is 17.3. The van der Waals surface area contributed by atoms with Crippen molar-refractivity contribution in [2.45, 2.75) is 32.7 Å². The second-order valence-corrected chi connectivity index (χ2v) is 6.73. The van der Waals surface area contributed by atoms with Crippen molar-refractivity contribution in [2.75, 3.05) is 5.73 Å². The molecule has 2 heterocycles. The number of nitrogens with two attached hydrogens (primary N) is 1. The fourth-order valence-corrected chi connectivity index (χ4v) is 4.06. The topological polar surface area (TPSA) is 68.0 Å². The van der Waals surface area contributed by atoms with Gasteiger partial charge < -0.3 is 11.1 Å². The number of aromatic nitrogens is 1. The SMILES string of the molecule is CC1CCc2c(sc(N)c2C(=O)NCc2ccccn2)C1. The Morgan fingerprint density at radius 3 is 3.14 bits per heavy atom. The van der Waals surface area contributed by atoms with Gasteiger partial charge in [0.25, 0.3) is 5.91 Å². The van der Waals surface area contributed by atoms with E-state index in [1.165, 1.54) is 4.88 Å². The largest absolute Gasteiger partial charge is 0.390 e. The number of rotatable bonds is 3. The summed E-state index contributed by atoms with van der Waals surface area (Å²) >= 11 is 1.57. The predicted molar refractivity (Wildman–Crippen MR) is 85.3 cm³/mol. The van der Waals surface area contributed by atoms with Crippen molar-refractivity contribution in [1.29, 1.82) is 0 Å². The van der Waals surface area contributed by atoms with Crippen LogP contribution in [0.2, 0.25) is 0 Å². The van der Waals surface area contributed by atoms with Gasteiger partial charge in [0.05, 0.1) is 22.8 Å². The highest BCUT2D eigenvalue weighted by atomic mass is 32.1. The van der Waals surface area contributed by atoms with Crippen molar-refractivity contribution in [2.24, 2.45) is 5.92 Å². The molecule has 2 aromatic heterocycles. The summed E-state index contributed by atoms with van der Waals surface area (Å²) < 4.78 is 0. The number of anilines is 1. The molecule has 0 aliphatic heterocycles. The summed E-state index contributed by atoms with van der Waals surface area (Å²) in [6.45, 7) is 2.68. The van der Waals surface area contributed by atoms with E-state index in [4.69, 9.17) is 5.73 Å². The molecule has 1 amide bonds. The molecule has 0 spiro atoms. The van der Waals surface area contributed by atoms with Crippen LogP contribution in [0.25, 0.3) is 0 Å². The molecule has 21 heavy (non-hydrogen) atoms. The van der Waals surface area contributed by atoms with Crippen molar-refractivity contribution >= 4 is 22.2 Å². The quantitative estimate of drug-likeness (QED) is 0.916. The van der Waals surface area contributed by atoms with E-state index in [-0.39, 0.29) is 5.91 Å². The van der Waals surface area contributed by atoms with Crippen LogP contribution in [0.5, 0.6) is 0 Å². The summed E-state index contributed by atoms with van der Waals surface area (Å²) in [4.78, 5) is 17.9. The second kappa shape index (κ2) is 5.85. The number of amides is 1. The number of nitrogen functional groups attached to an aromatic ring is 1. The molecule has 3 rings (SSSR count). The fraction of sp³-hybridized carbons (Fsp3) is 0.375. The second-order valence-electron chi connectivity index (χ2n) is 5.59. The van der Waals surface area contributed by atoms with Crippen LogP contribution in [0.15, 0.2) is 24.4 Å². The first-order chi connectivity index (χ1) is 10.1. The first-order valence-electron chi connectivity index (χ1n) is 7.23. The average Bonchev–Trinajstić information content (AvgIpc) is 2.81. The predicted octanol–water partition coefficient (Wildman–Crippen LogP) is 2.78. The maximum atomic E-state index is 12.4. The molecular weight excluding hydrogens is 282 g/mol. The number of carbonyl (C=O) groups excluding carboxylic acids is 1. The van der Waals surface area contributed by atoms with Gasteiger partial charge in [0.2, 0.25) is 0 Å². The minimum Gasteiger partial charge on any atom is -0.390 e. The minimum atomic E-state index is -0.0785. The maximum absolute atomic E-state index is 12.4. The van der Waals surface area contributed by atoms with Crippen molar-refractivity contribution in [3.63, 3.8) is 0 Å². The van der Waals surface area contributed by atoms with Crippen molar-refractivity contribution < 1.29 is 4.79 Å². The van der Waals surface area contributed by atoms with Crippen molar-refractivity contribution in [3.8, 4) is 0 Å². The van der Waals surface area contributed by atoms with E-state index in [0.29, 0.717) is 23.0 Å². The summed E-state index contributed by atoms with van der Waals surface area (Å²) in [5.74, 6) is 0.602. The molecule has 0 bridgehead atoms. The first-order valence-corrected chi connectivity index (χ1v) is 8.05. The lowest BCUT2D eigenvalue weighted by molar-refractivity contribution is 0.0950. The Kier molecular flexibility index (Phi) is 3.92. The highest BCUT2D eigenvalue weighted by Gasteiger charge is 2.26. The third-order valence-electron chi connectivity index (χ3n) is 3.92. The van der Waals surface area contributed by atoms with E-state index in [1.54, 1.807) is 17.5 Å². The molecule has 4 nitrogen and oxygen atoms in total. The molecule has 0 aromatic carbocycles. The Bertz CT molecular complexity index is 651. The summed E-state index contributed by atoms with van der Waals surface area (Å²) in [5, 5.41) is 3.57. The highest BCUT2D eigenvalue weighted by Crippen LogP contribution is 2.37. The van der Waals surface area contributed by atoms with Gasteiger partial charge in [-0.25, -0.2) is 0 Å². The fourth-order valence-electron chi connectivity index (χ4n) is 2.78. The standard InChI is InChI=1S/C16H19N3OS/c1-10-5-6-12-13(8-10)21-15(17)14(12)16(20)19-9-11-4-2-3-7-18-11/h2-4,7,10H,5-6,8-9,17H2,1H3,(H,19,20). The van der Waals surface area contributed by atoms with E-state index < -0.39 is 0 Å². The molecular formula is C16H19N3OS. The Balaban J connectivity index is 1.76. The lowest BCUT2D eigenvalue weighted by Gasteiger charge is -2.18. The molecule has 5 heteroatoms. The Labute approximate surface area is 128 Å². The molecule has 0 fully saturated rings. The van der Waals surface area contributed by atoms with E-state index in [2.05, 4.69) is 17.2 Å². The number of fused-ring (bicyclic) bond motifs is 1. The van der Waals surface area contributed by atoms with Crippen molar-refractivity contribution in [1.82, 2.24) is 10.3 Å². The lowest BCUT2D eigenvalue weighted by atomic mass is 9.88. The van der Waals surface area contributed by atoms with E-state index in [9.17, 15) is 4.79 Å². The van der Waals surface area contributed by atoms with Gasteiger partial charge in [-0.2, -0.15) is 0 Å². The smallest absolute Gasteiger partial charge is 0.254 e. The van der Waals surface area contributed by atoms with Gasteiger partial charge in [0.1, 0.15) is 0 Å². The Morgan fingerprint density at radius 2 is 2.38 bits per heavy atom. The molecule has 0 saturated carbocycles. The van der Waals surface area contributed by atoms with Gasteiger partial charge in [-0.1, -0.05) is 13.0 Å². The zero-order valence-electron chi connectivity index (χ0n) is 12.1. The number of pyridine rings is 1. The van der Waals surface area contributed by atoms with Crippen LogP contribution in [0, 0.1) is 5.92 Å². The van der Waals surface area contributed by atoms with Gasteiger partial charge in [-0.05, 0) is 42.9 Å². The number of nitrogens with one attached hydrogen (secondary N) is 1. The van der Waals surface area contributed by atoms with Crippen LogP contribution in [-0.4, -0.2) is 10.9 Å². The maximum Gasteiger partial charge on any atom is 0.254 e. The van der Waals surface area contributed by atoms with Gasteiger partial charge >= 0.3 is 0 Å². The Hall–Kier alpha value is -1.88. The zero-order chi connectivity index (χ0) is 14.8. The van der Waals surface area contributed by atoms with E-state index >= 15 is 0 Å². The molecule has 1 aliphatic rings. The summed E-state index contributed by atoms with van der Waals surface area (Å²) in [6, 6.07) is 5.67.